The van der Waals surface area contributed by atoms with Gasteiger partial charge in [-0.2, -0.15) is 0 Å². The fourth-order valence-corrected chi connectivity index (χ4v) is 4.77. The summed E-state index contributed by atoms with van der Waals surface area (Å²) in [4.78, 5) is 0. The van der Waals surface area contributed by atoms with E-state index in [4.69, 9.17) is 11.6 Å². The molecule has 2 rings (SSSR count). The quantitative estimate of drug-likeness (QED) is 0.892. The van der Waals surface area contributed by atoms with Crippen molar-refractivity contribution in [1.29, 1.82) is 0 Å². The highest BCUT2D eigenvalue weighted by Crippen LogP contribution is 2.26. The van der Waals surface area contributed by atoms with Gasteiger partial charge in [-0.1, -0.05) is 18.5 Å². The fourth-order valence-electron chi connectivity index (χ4n) is 1.89. The van der Waals surface area contributed by atoms with E-state index in [1.165, 1.54) is 0 Å². The average molecular weight is 331 g/mol. The normalized spacial score (nSPS) is 24.6. The zero-order chi connectivity index (χ0) is 12.5. The van der Waals surface area contributed by atoms with Gasteiger partial charge in [0.25, 0.3) is 0 Å². The molecule has 0 aliphatic carbocycles. The summed E-state index contributed by atoms with van der Waals surface area (Å²) in [5.74, 6) is 0.300. The molecule has 0 aromatic carbocycles. The number of sulfonamides is 1. The van der Waals surface area contributed by atoms with Gasteiger partial charge in [0.15, 0.2) is 0 Å². The van der Waals surface area contributed by atoms with Crippen LogP contribution in [0.5, 0.6) is 0 Å². The summed E-state index contributed by atoms with van der Waals surface area (Å²) in [6.45, 7) is 3.74. The predicted octanol–water partition coefficient (Wildman–Crippen LogP) is 2.10. The SMILES string of the molecule is CC1CNCCC1NS(=O)(=O)c1ccc(Cl)s1.Cl. The number of nitrogens with one attached hydrogen (secondary N) is 2. The van der Waals surface area contributed by atoms with Crippen LogP contribution in [0.25, 0.3) is 0 Å². The molecule has 1 saturated heterocycles. The Hall–Kier alpha value is 0.150. The van der Waals surface area contributed by atoms with Crippen molar-refractivity contribution in [3.05, 3.63) is 16.5 Å². The number of rotatable bonds is 3. The van der Waals surface area contributed by atoms with Gasteiger partial charge in [-0.15, -0.1) is 23.7 Å². The number of halogens is 2. The van der Waals surface area contributed by atoms with Gasteiger partial charge in [0.2, 0.25) is 10.0 Å². The second-order valence-corrected chi connectivity index (χ2v) is 7.91. The Balaban J connectivity index is 0.00000162. The Morgan fingerprint density at radius 1 is 1.50 bits per heavy atom. The van der Waals surface area contributed by atoms with Gasteiger partial charge in [0.1, 0.15) is 4.21 Å². The summed E-state index contributed by atoms with van der Waals surface area (Å²) in [7, 11) is -3.42. The van der Waals surface area contributed by atoms with Crippen molar-refractivity contribution in [2.75, 3.05) is 13.1 Å². The topological polar surface area (TPSA) is 58.2 Å². The van der Waals surface area contributed by atoms with Gasteiger partial charge in [-0.25, -0.2) is 13.1 Å². The van der Waals surface area contributed by atoms with Crippen LogP contribution in [0.2, 0.25) is 4.34 Å². The van der Waals surface area contributed by atoms with E-state index in [9.17, 15) is 8.42 Å². The van der Waals surface area contributed by atoms with Crippen molar-refractivity contribution in [3.8, 4) is 0 Å². The van der Waals surface area contributed by atoms with Gasteiger partial charge >= 0.3 is 0 Å². The lowest BCUT2D eigenvalue weighted by atomic mass is 9.97. The summed E-state index contributed by atoms with van der Waals surface area (Å²) in [6.07, 6.45) is 0.819. The molecule has 0 radical (unpaired) electrons. The minimum absolute atomic E-state index is 0. The maximum Gasteiger partial charge on any atom is 0.250 e. The van der Waals surface area contributed by atoms with Crippen LogP contribution in [0.1, 0.15) is 13.3 Å². The first kappa shape index (κ1) is 16.2. The molecule has 0 spiro atoms. The van der Waals surface area contributed by atoms with Gasteiger partial charge < -0.3 is 5.32 Å². The van der Waals surface area contributed by atoms with Crippen LogP contribution < -0.4 is 10.0 Å². The van der Waals surface area contributed by atoms with Crippen LogP contribution in [-0.4, -0.2) is 27.5 Å². The van der Waals surface area contributed by atoms with E-state index in [-0.39, 0.29) is 22.7 Å². The monoisotopic (exact) mass is 330 g/mol. The third-order valence-corrected chi connectivity index (χ3v) is 6.12. The first-order valence-corrected chi connectivity index (χ1v) is 8.15. The minimum atomic E-state index is -3.42. The van der Waals surface area contributed by atoms with Crippen molar-refractivity contribution in [2.24, 2.45) is 5.92 Å². The third-order valence-electron chi connectivity index (χ3n) is 2.91. The molecule has 104 valence electrons. The molecule has 8 heteroatoms. The predicted molar refractivity (Wildman–Crippen MR) is 77.3 cm³/mol. The standard InChI is InChI=1S/C10H15ClN2O2S2.ClH/c1-7-6-12-5-4-8(7)13-17(14,15)10-3-2-9(11)16-10;/h2-3,7-8,12-13H,4-6H2,1H3;1H. The molecule has 1 aliphatic rings. The molecule has 1 aromatic heterocycles. The molecule has 0 bridgehead atoms. The molecule has 4 nitrogen and oxygen atoms in total. The van der Waals surface area contributed by atoms with E-state index in [0.29, 0.717) is 10.3 Å². The van der Waals surface area contributed by atoms with E-state index in [2.05, 4.69) is 10.0 Å². The van der Waals surface area contributed by atoms with Crippen molar-refractivity contribution in [1.82, 2.24) is 10.0 Å². The Morgan fingerprint density at radius 3 is 2.78 bits per heavy atom. The van der Waals surface area contributed by atoms with Gasteiger partial charge in [-0.05, 0) is 37.6 Å². The molecule has 18 heavy (non-hydrogen) atoms. The summed E-state index contributed by atoms with van der Waals surface area (Å²) in [5.41, 5.74) is 0. The first-order valence-electron chi connectivity index (χ1n) is 5.47. The summed E-state index contributed by atoms with van der Waals surface area (Å²) in [6, 6.07) is 3.15. The zero-order valence-electron chi connectivity index (χ0n) is 9.85. The maximum atomic E-state index is 12.1. The second kappa shape index (κ2) is 6.54. The largest absolute Gasteiger partial charge is 0.316 e. The van der Waals surface area contributed by atoms with E-state index in [1.807, 2.05) is 6.92 Å². The van der Waals surface area contributed by atoms with E-state index in [1.54, 1.807) is 12.1 Å². The molecular formula is C10H16Cl2N2O2S2. The molecule has 1 fully saturated rings. The lowest BCUT2D eigenvalue weighted by Gasteiger charge is -2.29. The van der Waals surface area contributed by atoms with E-state index < -0.39 is 10.0 Å². The number of thiophene rings is 1. The Labute approximate surface area is 123 Å². The highest BCUT2D eigenvalue weighted by Gasteiger charge is 2.27. The summed E-state index contributed by atoms with van der Waals surface area (Å²) in [5, 5.41) is 3.24. The van der Waals surface area contributed by atoms with Crippen LogP contribution in [0, 0.1) is 5.92 Å². The Morgan fingerprint density at radius 2 is 2.22 bits per heavy atom. The summed E-state index contributed by atoms with van der Waals surface area (Å²) >= 11 is 6.84. The second-order valence-electron chi connectivity index (χ2n) is 4.26. The Bertz CT molecular complexity index is 490. The van der Waals surface area contributed by atoms with Crippen molar-refractivity contribution < 1.29 is 8.42 Å². The molecule has 0 amide bonds. The molecule has 1 aliphatic heterocycles. The van der Waals surface area contributed by atoms with Gasteiger partial charge in [0.05, 0.1) is 4.34 Å². The summed E-state index contributed by atoms with van der Waals surface area (Å²) < 4.78 is 27.7. The fraction of sp³-hybridized carbons (Fsp3) is 0.600. The minimum Gasteiger partial charge on any atom is -0.316 e. The van der Waals surface area contributed by atoms with Crippen LogP contribution in [0.15, 0.2) is 16.3 Å². The number of hydrogen-bond acceptors (Lipinski definition) is 4. The molecule has 2 heterocycles. The van der Waals surface area contributed by atoms with E-state index >= 15 is 0 Å². The van der Waals surface area contributed by atoms with E-state index in [0.717, 1.165) is 30.8 Å². The van der Waals surface area contributed by atoms with Crippen molar-refractivity contribution in [2.45, 2.75) is 23.6 Å². The first-order chi connectivity index (χ1) is 7.99. The smallest absolute Gasteiger partial charge is 0.250 e. The van der Waals surface area contributed by atoms with Crippen molar-refractivity contribution in [3.63, 3.8) is 0 Å². The lowest BCUT2D eigenvalue weighted by molar-refractivity contribution is 0.328. The number of hydrogen-bond donors (Lipinski definition) is 2. The molecule has 1 aromatic rings. The maximum absolute atomic E-state index is 12.1. The lowest BCUT2D eigenvalue weighted by Crippen LogP contribution is -2.48. The van der Waals surface area contributed by atoms with Gasteiger partial charge in [0, 0.05) is 6.04 Å². The highest BCUT2D eigenvalue weighted by molar-refractivity contribution is 7.91. The molecule has 2 unspecified atom stereocenters. The molecule has 2 N–H and O–H groups in total. The average Bonchev–Trinajstić information content (AvgIpc) is 2.69. The molecular weight excluding hydrogens is 315 g/mol. The molecule has 2 atom stereocenters. The Kier molecular flexibility index (Phi) is 5.89. The van der Waals surface area contributed by atoms with Crippen LogP contribution in [-0.2, 0) is 10.0 Å². The highest BCUT2D eigenvalue weighted by atomic mass is 35.5. The number of piperidine rings is 1. The van der Waals surface area contributed by atoms with Crippen LogP contribution in [0.3, 0.4) is 0 Å². The van der Waals surface area contributed by atoms with Gasteiger partial charge in [-0.3, -0.25) is 0 Å². The van der Waals surface area contributed by atoms with Crippen LogP contribution >= 0.6 is 35.3 Å². The third kappa shape index (κ3) is 3.82. The molecule has 0 saturated carbocycles. The van der Waals surface area contributed by atoms with Crippen molar-refractivity contribution >= 4 is 45.4 Å². The van der Waals surface area contributed by atoms with Crippen LogP contribution in [0.4, 0.5) is 0 Å². The zero-order valence-corrected chi connectivity index (χ0v) is 13.1.